The Morgan fingerprint density at radius 1 is 1.22 bits per heavy atom. The molecule has 0 aromatic rings. The van der Waals surface area contributed by atoms with Gasteiger partial charge in [0.2, 0.25) is 10.0 Å². The van der Waals surface area contributed by atoms with E-state index in [1.54, 1.807) is 0 Å². The lowest BCUT2D eigenvalue weighted by Gasteiger charge is -2.20. The molecule has 0 aromatic heterocycles. The summed E-state index contributed by atoms with van der Waals surface area (Å²) in [6.07, 6.45) is 3.98. The third-order valence-electron chi connectivity index (χ3n) is 4.10. The van der Waals surface area contributed by atoms with Crippen LogP contribution in [0.2, 0.25) is 0 Å². The van der Waals surface area contributed by atoms with Gasteiger partial charge in [-0.05, 0) is 44.2 Å². The number of rotatable bonds is 8. The van der Waals surface area contributed by atoms with E-state index >= 15 is 0 Å². The van der Waals surface area contributed by atoms with E-state index in [1.165, 1.54) is 0 Å². The van der Waals surface area contributed by atoms with Crippen molar-refractivity contribution in [2.75, 3.05) is 18.8 Å². The van der Waals surface area contributed by atoms with Crippen LogP contribution in [-0.4, -0.2) is 33.3 Å². The van der Waals surface area contributed by atoms with Crippen molar-refractivity contribution in [2.24, 2.45) is 11.8 Å². The Kier molecular flexibility index (Phi) is 6.60. The van der Waals surface area contributed by atoms with Crippen LogP contribution in [0.5, 0.6) is 0 Å². The molecule has 0 radical (unpaired) electrons. The van der Waals surface area contributed by atoms with Gasteiger partial charge in [-0.15, -0.1) is 0 Å². The van der Waals surface area contributed by atoms with Gasteiger partial charge in [-0.3, -0.25) is 0 Å². The molecular formula is C13H28N2O2S. The molecule has 5 heteroatoms. The molecule has 3 unspecified atom stereocenters. The second-order valence-corrected chi connectivity index (χ2v) is 7.23. The first-order valence-corrected chi connectivity index (χ1v) is 8.86. The predicted molar refractivity (Wildman–Crippen MR) is 76.1 cm³/mol. The van der Waals surface area contributed by atoms with Crippen molar-refractivity contribution in [1.29, 1.82) is 0 Å². The minimum Gasteiger partial charge on any atom is -0.317 e. The molecule has 0 bridgehead atoms. The summed E-state index contributed by atoms with van der Waals surface area (Å²) in [6, 6.07) is 0.152. The second kappa shape index (κ2) is 7.46. The summed E-state index contributed by atoms with van der Waals surface area (Å²) in [5, 5.41) is 3.15. The Hall–Kier alpha value is -0.130. The van der Waals surface area contributed by atoms with Crippen molar-refractivity contribution in [2.45, 2.75) is 52.5 Å². The third-order valence-corrected chi connectivity index (χ3v) is 5.59. The van der Waals surface area contributed by atoms with Gasteiger partial charge < -0.3 is 5.32 Å². The van der Waals surface area contributed by atoms with E-state index < -0.39 is 10.0 Å². The molecule has 3 atom stereocenters. The van der Waals surface area contributed by atoms with Crippen molar-refractivity contribution >= 4 is 10.0 Å². The van der Waals surface area contributed by atoms with E-state index in [9.17, 15) is 8.42 Å². The lowest BCUT2D eigenvalue weighted by atomic mass is 9.94. The highest BCUT2D eigenvalue weighted by Crippen LogP contribution is 2.34. The van der Waals surface area contributed by atoms with E-state index in [0.717, 1.165) is 32.4 Å². The van der Waals surface area contributed by atoms with Gasteiger partial charge in [-0.25, -0.2) is 13.1 Å². The number of hydrogen-bond donors (Lipinski definition) is 2. The zero-order valence-corrected chi connectivity index (χ0v) is 12.7. The van der Waals surface area contributed by atoms with Crippen LogP contribution in [0.3, 0.4) is 0 Å². The Labute approximate surface area is 112 Å². The van der Waals surface area contributed by atoms with E-state index in [2.05, 4.69) is 23.9 Å². The van der Waals surface area contributed by atoms with Crippen molar-refractivity contribution in [3.63, 3.8) is 0 Å². The molecule has 1 aliphatic carbocycles. The normalized spacial score (nSPS) is 28.7. The van der Waals surface area contributed by atoms with Gasteiger partial charge in [0.05, 0.1) is 5.75 Å². The van der Waals surface area contributed by atoms with Crippen molar-refractivity contribution in [1.82, 2.24) is 10.0 Å². The Morgan fingerprint density at radius 2 is 1.94 bits per heavy atom. The molecule has 4 nitrogen and oxygen atoms in total. The molecule has 0 amide bonds. The molecule has 0 aliphatic heterocycles. The van der Waals surface area contributed by atoms with Crippen molar-refractivity contribution < 1.29 is 8.42 Å². The van der Waals surface area contributed by atoms with E-state index in [-0.39, 0.29) is 11.8 Å². The van der Waals surface area contributed by atoms with Crippen LogP contribution >= 0.6 is 0 Å². The first-order valence-electron chi connectivity index (χ1n) is 7.20. The predicted octanol–water partition coefficient (Wildman–Crippen LogP) is 1.73. The standard InChI is InChI=1S/C13H28N2O2S/c1-4-12-7-8-13(11(12)3)15-18(16,17)10-6-9-14-5-2/h11-15H,4-10H2,1-3H3. The molecule has 1 fully saturated rings. The van der Waals surface area contributed by atoms with Crippen LogP contribution in [0.25, 0.3) is 0 Å². The fourth-order valence-electron chi connectivity index (χ4n) is 2.84. The molecule has 2 N–H and O–H groups in total. The summed E-state index contributed by atoms with van der Waals surface area (Å²) in [5.74, 6) is 1.39. The molecule has 0 aromatic carbocycles. The van der Waals surface area contributed by atoms with E-state index in [4.69, 9.17) is 0 Å². The second-order valence-electron chi connectivity index (χ2n) is 5.36. The number of nitrogens with one attached hydrogen (secondary N) is 2. The SMILES string of the molecule is CCNCCCS(=O)(=O)NC1CCC(CC)C1C. The summed E-state index contributed by atoms with van der Waals surface area (Å²) in [5.41, 5.74) is 0. The van der Waals surface area contributed by atoms with Crippen molar-refractivity contribution in [3.05, 3.63) is 0 Å². The molecule has 1 aliphatic rings. The Bertz CT molecular complexity index is 330. The maximum atomic E-state index is 12.0. The minimum atomic E-state index is -3.10. The van der Waals surface area contributed by atoms with Gasteiger partial charge in [-0.1, -0.05) is 27.2 Å². The van der Waals surface area contributed by atoms with Gasteiger partial charge in [-0.2, -0.15) is 0 Å². The molecule has 1 saturated carbocycles. The highest BCUT2D eigenvalue weighted by Gasteiger charge is 2.33. The average Bonchev–Trinajstić information content (AvgIpc) is 2.66. The molecule has 1 rings (SSSR count). The summed E-state index contributed by atoms with van der Waals surface area (Å²) in [7, 11) is -3.10. The van der Waals surface area contributed by atoms with Crippen LogP contribution in [0.1, 0.15) is 46.5 Å². The number of sulfonamides is 1. The van der Waals surface area contributed by atoms with E-state index in [0.29, 0.717) is 18.3 Å². The van der Waals surface area contributed by atoms with Crippen LogP contribution in [0, 0.1) is 11.8 Å². The summed E-state index contributed by atoms with van der Waals surface area (Å²) >= 11 is 0. The quantitative estimate of drug-likeness (QED) is 0.664. The zero-order valence-electron chi connectivity index (χ0n) is 11.9. The molecule has 0 spiro atoms. The maximum absolute atomic E-state index is 12.0. The van der Waals surface area contributed by atoms with Crippen LogP contribution in [-0.2, 0) is 10.0 Å². The molecule has 0 heterocycles. The lowest BCUT2D eigenvalue weighted by Crippen LogP contribution is -2.39. The van der Waals surface area contributed by atoms with Gasteiger partial charge in [0.1, 0.15) is 0 Å². The van der Waals surface area contributed by atoms with Gasteiger partial charge in [0, 0.05) is 6.04 Å². The minimum absolute atomic E-state index is 0.152. The van der Waals surface area contributed by atoms with Crippen molar-refractivity contribution in [3.8, 4) is 0 Å². The molecule has 0 saturated heterocycles. The van der Waals surface area contributed by atoms with Gasteiger partial charge in [0.15, 0.2) is 0 Å². The highest BCUT2D eigenvalue weighted by atomic mass is 32.2. The zero-order chi connectivity index (χ0) is 13.6. The van der Waals surface area contributed by atoms with Crippen LogP contribution in [0.15, 0.2) is 0 Å². The largest absolute Gasteiger partial charge is 0.317 e. The van der Waals surface area contributed by atoms with E-state index in [1.807, 2.05) is 6.92 Å². The first-order chi connectivity index (χ1) is 8.50. The monoisotopic (exact) mass is 276 g/mol. The Balaban J connectivity index is 2.36. The summed E-state index contributed by atoms with van der Waals surface area (Å²) in [6.45, 7) is 8.06. The van der Waals surface area contributed by atoms with Gasteiger partial charge in [0.25, 0.3) is 0 Å². The smallest absolute Gasteiger partial charge is 0.211 e. The van der Waals surface area contributed by atoms with Gasteiger partial charge >= 0.3 is 0 Å². The fourth-order valence-corrected chi connectivity index (χ4v) is 4.28. The fraction of sp³-hybridized carbons (Fsp3) is 1.00. The average molecular weight is 276 g/mol. The topological polar surface area (TPSA) is 58.2 Å². The molecule has 18 heavy (non-hydrogen) atoms. The maximum Gasteiger partial charge on any atom is 0.211 e. The highest BCUT2D eigenvalue weighted by molar-refractivity contribution is 7.89. The molecular weight excluding hydrogens is 248 g/mol. The first kappa shape index (κ1) is 15.9. The van der Waals surface area contributed by atoms with Crippen LogP contribution < -0.4 is 10.0 Å². The molecule has 108 valence electrons. The third kappa shape index (κ3) is 4.86. The summed E-state index contributed by atoms with van der Waals surface area (Å²) in [4.78, 5) is 0. The Morgan fingerprint density at radius 3 is 2.50 bits per heavy atom. The van der Waals surface area contributed by atoms with Crippen LogP contribution in [0.4, 0.5) is 0 Å². The number of hydrogen-bond acceptors (Lipinski definition) is 3. The lowest BCUT2D eigenvalue weighted by molar-refractivity contribution is 0.368. The summed E-state index contributed by atoms with van der Waals surface area (Å²) < 4.78 is 26.8.